The molecular formula is C16H21ClNO8P. The van der Waals surface area contributed by atoms with Crippen LogP contribution in [0.1, 0.15) is 12.0 Å². The highest BCUT2D eigenvalue weighted by Crippen LogP contribution is 2.43. The van der Waals surface area contributed by atoms with E-state index < -0.39 is 49.1 Å². The number of hydrogen-bond acceptors (Lipinski definition) is 6. The zero-order valence-corrected chi connectivity index (χ0v) is 16.2. The van der Waals surface area contributed by atoms with Gasteiger partial charge in [-0.1, -0.05) is 30.3 Å². The standard InChI is InChI=1S/C16H21ClNO8P/c1-25-15(21)13(7-8-27(23,24)10-12(17)14(19)20)18-16(22)26-9-11-5-3-2-4-6-11/h2-6,12-13H,7-10H2,1H3,(H,18,22)(H,19,20)(H,23,24)/t12?,13-/m0/s1. The molecule has 3 N–H and O–H groups in total. The number of alkyl carbamates (subject to hydrolysis) is 1. The van der Waals surface area contributed by atoms with E-state index >= 15 is 0 Å². The summed E-state index contributed by atoms with van der Waals surface area (Å²) < 4.78 is 21.6. The lowest BCUT2D eigenvalue weighted by Crippen LogP contribution is -2.42. The Morgan fingerprint density at radius 3 is 2.44 bits per heavy atom. The number of carbonyl (C=O) groups is 3. The molecule has 1 amide bonds. The highest BCUT2D eigenvalue weighted by molar-refractivity contribution is 7.58. The zero-order valence-electron chi connectivity index (χ0n) is 14.5. The van der Waals surface area contributed by atoms with Crippen molar-refractivity contribution in [1.29, 1.82) is 0 Å². The van der Waals surface area contributed by atoms with Gasteiger partial charge in [0.2, 0.25) is 7.37 Å². The number of hydrogen-bond donors (Lipinski definition) is 3. The average molecular weight is 422 g/mol. The number of amides is 1. The molecular weight excluding hydrogens is 401 g/mol. The smallest absolute Gasteiger partial charge is 0.408 e. The van der Waals surface area contributed by atoms with Gasteiger partial charge in [0.05, 0.1) is 13.3 Å². The summed E-state index contributed by atoms with van der Waals surface area (Å²) in [5, 5.41) is 9.45. The number of carboxylic acids is 1. The molecule has 9 nitrogen and oxygen atoms in total. The minimum atomic E-state index is -3.93. The topological polar surface area (TPSA) is 139 Å². The molecule has 0 saturated carbocycles. The van der Waals surface area contributed by atoms with Gasteiger partial charge < -0.3 is 24.8 Å². The van der Waals surface area contributed by atoms with E-state index in [-0.39, 0.29) is 13.0 Å². The Kier molecular flexibility index (Phi) is 9.28. The van der Waals surface area contributed by atoms with Gasteiger partial charge in [-0.25, -0.2) is 9.59 Å². The maximum absolute atomic E-state index is 12.1. The maximum Gasteiger partial charge on any atom is 0.408 e. The fraction of sp³-hybridized carbons (Fsp3) is 0.438. The van der Waals surface area contributed by atoms with Crippen LogP contribution in [0.4, 0.5) is 4.79 Å². The number of ether oxygens (including phenoxy) is 2. The van der Waals surface area contributed by atoms with Gasteiger partial charge in [0.1, 0.15) is 18.0 Å². The van der Waals surface area contributed by atoms with Crippen molar-refractivity contribution in [3.63, 3.8) is 0 Å². The number of halogens is 1. The van der Waals surface area contributed by atoms with Crippen molar-refractivity contribution < 1.29 is 38.4 Å². The Morgan fingerprint density at radius 2 is 1.89 bits per heavy atom. The van der Waals surface area contributed by atoms with E-state index in [1.807, 2.05) is 0 Å². The van der Waals surface area contributed by atoms with E-state index in [4.69, 9.17) is 21.4 Å². The van der Waals surface area contributed by atoms with Crippen molar-refractivity contribution in [3.05, 3.63) is 35.9 Å². The van der Waals surface area contributed by atoms with Crippen molar-refractivity contribution in [2.24, 2.45) is 0 Å². The largest absolute Gasteiger partial charge is 0.480 e. The van der Waals surface area contributed by atoms with Gasteiger partial charge in [-0.2, -0.15) is 0 Å². The van der Waals surface area contributed by atoms with Crippen molar-refractivity contribution in [2.75, 3.05) is 19.4 Å². The second-order valence-electron chi connectivity index (χ2n) is 5.63. The van der Waals surface area contributed by atoms with E-state index in [0.717, 1.165) is 12.7 Å². The van der Waals surface area contributed by atoms with Crippen LogP contribution in [0.25, 0.3) is 0 Å². The summed E-state index contributed by atoms with van der Waals surface area (Å²) in [6, 6.07) is 7.62. The molecule has 1 aromatic rings. The van der Waals surface area contributed by atoms with Crippen LogP contribution in [0.5, 0.6) is 0 Å². The number of carboxylic acid groups (broad SMARTS) is 1. The van der Waals surface area contributed by atoms with Crippen LogP contribution in [0.15, 0.2) is 30.3 Å². The molecule has 0 radical (unpaired) electrons. The lowest BCUT2D eigenvalue weighted by molar-refractivity contribution is -0.143. The first-order valence-electron chi connectivity index (χ1n) is 7.87. The minimum absolute atomic E-state index is 0.0222. The Balaban J connectivity index is 2.59. The Morgan fingerprint density at radius 1 is 1.26 bits per heavy atom. The van der Waals surface area contributed by atoms with Gasteiger partial charge in [0.15, 0.2) is 0 Å². The number of nitrogens with one attached hydrogen (secondary N) is 1. The maximum atomic E-state index is 12.1. The van der Waals surface area contributed by atoms with Crippen LogP contribution < -0.4 is 5.32 Å². The van der Waals surface area contributed by atoms with Crippen molar-refractivity contribution in [2.45, 2.75) is 24.4 Å². The SMILES string of the molecule is COC(=O)[C@H](CCP(=O)(O)CC(Cl)C(=O)O)NC(=O)OCc1ccccc1. The molecule has 0 heterocycles. The van der Waals surface area contributed by atoms with Crippen LogP contribution in [0, 0.1) is 0 Å². The van der Waals surface area contributed by atoms with E-state index in [9.17, 15) is 23.8 Å². The Hall–Kier alpha value is -2.09. The number of methoxy groups -OCH3 is 1. The first kappa shape index (κ1) is 23.0. The molecule has 0 fully saturated rings. The Bertz CT molecular complexity index is 699. The molecule has 27 heavy (non-hydrogen) atoms. The number of carbonyl (C=O) groups excluding carboxylic acids is 2. The van der Waals surface area contributed by atoms with E-state index in [1.165, 1.54) is 0 Å². The number of aliphatic carboxylic acids is 1. The number of benzene rings is 1. The third-order valence-corrected chi connectivity index (χ3v) is 5.92. The van der Waals surface area contributed by atoms with Crippen LogP contribution in [0.3, 0.4) is 0 Å². The van der Waals surface area contributed by atoms with Crippen molar-refractivity contribution in [3.8, 4) is 0 Å². The normalized spacial score (nSPS) is 15.1. The molecule has 3 atom stereocenters. The molecule has 0 aromatic heterocycles. The monoisotopic (exact) mass is 421 g/mol. The predicted octanol–water partition coefficient (Wildman–Crippen LogP) is 1.81. The van der Waals surface area contributed by atoms with E-state index in [2.05, 4.69) is 10.1 Å². The lowest BCUT2D eigenvalue weighted by atomic mass is 10.2. The number of rotatable bonds is 10. The highest BCUT2D eigenvalue weighted by Gasteiger charge is 2.30. The molecule has 11 heteroatoms. The zero-order chi connectivity index (χ0) is 20.4. The molecule has 0 saturated heterocycles. The van der Waals surface area contributed by atoms with Gasteiger partial charge in [0, 0.05) is 6.16 Å². The molecule has 0 bridgehead atoms. The van der Waals surface area contributed by atoms with Crippen LogP contribution in [-0.2, 0) is 30.2 Å². The van der Waals surface area contributed by atoms with Crippen LogP contribution in [-0.4, -0.2) is 58.9 Å². The molecule has 0 aliphatic carbocycles. The minimum Gasteiger partial charge on any atom is -0.480 e. The van der Waals surface area contributed by atoms with Crippen LogP contribution in [0.2, 0.25) is 0 Å². The molecule has 150 valence electrons. The van der Waals surface area contributed by atoms with Gasteiger partial charge in [-0.05, 0) is 12.0 Å². The third-order valence-electron chi connectivity index (χ3n) is 3.47. The average Bonchev–Trinajstić information content (AvgIpc) is 2.63. The summed E-state index contributed by atoms with van der Waals surface area (Å²) in [5.41, 5.74) is 0.740. The molecule has 2 unspecified atom stereocenters. The van der Waals surface area contributed by atoms with E-state index in [0.29, 0.717) is 0 Å². The molecule has 1 aromatic carbocycles. The Labute approximate surface area is 161 Å². The molecule has 0 spiro atoms. The summed E-state index contributed by atoms with van der Waals surface area (Å²) >= 11 is 5.48. The van der Waals surface area contributed by atoms with Gasteiger partial charge in [0.25, 0.3) is 0 Å². The van der Waals surface area contributed by atoms with Gasteiger partial charge in [-0.3, -0.25) is 9.36 Å². The summed E-state index contributed by atoms with van der Waals surface area (Å²) in [6.07, 6.45) is -2.23. The predicted molar refractivity (Wildman–Crippen MR) is 97.0 cm³/mol. The van der Waals surface area contributed by atoms with Crippen molar-refractivity contribution >= 4 is 37.0 Å². The summed E-state index contributed by atoms with van der Waals surface area (Å²) in [5.74, 6) is -2.25. The summed E-state index contributed by atoms with van der Waals surface area (Å²) in [7, 11) is -2.82. The first-order valence-corrected chi connectivity index (χ1v) is 10.3. The fourth-order valence-corrected chi connectivity index (χ4v) is 4.20. The number of esters is 1. The fourth-order valence-electron chi connectivity index (χ4n) is 2.05. The van der Waals surface area contributed by atoms with Gasteiger partial charge in [-0.15, -0.1) is 11.6 Å². The summed E-state index contributed by atoms with van der Waals surface area (Å²) in [4.78, 5) is 44.2. The molecule has 0 aliphatic heterocycles. The van der Waals surface area contributed by atoms with E-state index in [1.54, 1.807) is 30.3 Å². The number of alkyl halides is 1. The van der Waals surface area contributed by atoms with Crippen LogP contribution >= 0.6 is 19.0 Å². The second kappa shape index (κ2) is 10.9. The third kappa shape index (κ3) is 8.90. The lowest BCUT2D eigenvalue weighted by Gasteiger charge is -2.19. The highest BCUT2D eigenvalue weighted by atomic mass is 35.5. The molecule has 0 aliphatic rings. The second-order valence-corrected chi connectivity index (χ2v) is 8.66. The van der Waals surface area contributed by atoms with Gasteiger partial charge >= 0.3 is 18.0 Å². The summed E-state index contributed by atoms with van der Waals surface area (Å²) in [6.45, 7) is -0.0222. The quantitative estimate of drug-likeness (QED) is 0.295. The molecule has 1 rings (SSSR count). The first-order chi connectivity index (χ1) is 12.6. The van der Waals surface area contributed by atoms with Crippen molar-refractivity contribution in [1.82, 2.24) is 5.32 Å².